The van der Waals surface area contributed by atoms with Gasteiger partial charge in [0.15, 0.2) is 0 Å². The number of hydrogen-bond acceptors (Lipinski definition) is 4. The number of likely N-dealkylation sites (tertiary alicyclic amines) is 1. The topological polar surface area (TPSA) is 69.6 Å². The predicted octanol–water partition coefficient (Wildman–Crippen LogP) is 2.57. The first-order valence-corrected chi connectivity index (χ1v) is 8.20. The third-order valence-corrected chi connectivity index (χ3v) is 4.45. The van der Waals surface area contributed by atoms with E-state index in [0.717, 1.165) is 17.1 Å². The third kappa shape index (κ3) is 5.19. The molecule has 0 radical (unpaired) electrons. The van der Waals surface area contributed by atoms with Gasteiger partial charge in [0, 0.05) is 24.4 Å². The Balaban J connectivity index is 0.00000242. The summed E-state index contributed by atoms with van der Waals surface area (Å²) in [5.74, 6) is -1.06. The molecule has 1 aliphatic rings. The normalized spacial score (nSPS) is 17.8. The van der Waals surface area contributed by atoms with E-state index < -0.39 is 5.97 Å². The highest BCUT2D eigenvalue weighted by atomic mass is 35.5. The van der Waals surface area contributed by atoms with Crippen LogP contribution >= 0.6 is 24.2 Å². The van der Waals surface area contributed by atoms with E-state index in [1.807, 2.05) is 35.4 Å². The Morgan fingerprint density at radius 2 is 2.14 bits per heavy atom. The van der Waals surface area contributed by atoms with Gasteiger partial charge in [-0.1, -0.05) is 12.1 Å². The Morgan fingerprint density at radius 3 is 2.77 bits per heavy atom. The average Bonchev–Trinajstić information content (AvgIpc) is 2.95. The fourth-order valence-corrected chi connectivity index (χ4v) is 3.01. The van der Waals surface area contributed by atoms with Crippen LogP contribution in [-0.2, 0) is 9.59 Å². The van der Waals surface area contributed by atoms with Crippen molar-refractivity contribution in [1.82, 2.24) is 4.90 Å². The number of carboxylic acid groups (broad SMARTS) is 1. The van der Waals surface area contributed by atoms with Crippen molar-refractivity contribution >= 4 is 41.7 Å². The number of carbonyl (C=O) groups is 2. The minimum atomic E-state index is -0.740. The Morgan fingerprint density at radius 1 is 1.41 bits per heavy atom. The lowest BCUT2D eigenvalue weighted by Gasteiger charge is -2.15. The Kier molecular flexibility index (Phi) is 7.72. The van der Waals surface area contributed by atoms with Crippen molar-refractivity contribution in [3.63, 3.8) is 0 Å². The lowest BCUT2D eigenvalue weighted by Crippen LogP contribution is -2.27. The molecule has 5 nitrogen and oxygen atoms in total. The van der Waals surface area contributed by atoms with E-state index in [-0.39, 0.29) is 24.2 Å². The molecule has 2 N–H and O–H groups in total. The molecule has 1 aromatic rings. The fraction of sp³-hybridized carbons (Fsp3) is 0.467. The van der Waals surface area contributed by atoms with Crippen LogP contribution in [0.3, 0.4) is 0 Å². The molecule has 0 bridgehead atoms. The van der Waals surface area contributed by atoms with Crippen molar-refractivity contribution < 1.29 is 14.7 Å². The highest BCUT2D eigenvalue weighted by Crippen LogP contribution is 2.24. The van der Waals surface area contributed by atoms with Crippen LogP contribution in [0.5, 0.6) is 0 Å². The second-order valence-electron chi connectivity index (χ2n) is 5.12. The van der Waals surface area contributed by atoms with E-state index in [4.69, 9.17) is 5.11 Å². The first kappa shape index (κ1) is 18.8. The largest absolute Gasteiger partial charge is 0.481 e. The number of nitrogens with one attached hydrogen (secondary N) is 1. The van der Waals surface area contributed by atoms with Gasteiger partial charge in [-0.25, -0.2) is 0 Å². The Bertz CT molecular complexity index is 527. The molecule has 122 valence electrons. The van der Waals surface area contributed by atoms with Gasteiger partial charge in [-0.2, -0.15) is 0 Å². The number of nitrogens with zero attached hydrogens (tertiary/aromatic N) is 1. The van der Waals surface area contributed by atoms with Gasteiger partial charge in [0.2, 0.25) is 5.91 Å². The van der Waals surface area contributed by atoms with Crippen LogP contribution < -0.4 is 5.32 Å². The maximum atomic E-state index is 12.0. The predicted molar refractivity (Wildman–Crippen MR) is 90.9 cm³/mol. The van der Waals surface area contributed by atoms with E-state index >= 15 is 0 Å². The standard InChI is InChI=1S/C15H20N2O3S.ClH/c1-21-13-5-3-2-4-12(13)16-14(18)7-9-17-8-6-11(10-17)15(19)20;/h2-5,11H,6-10H2,1H3,(H,16,18)(H,19,20);1H. The number of amides is 1. The van der Waals surface area contributed by atoms with E-state index in [9.17, 15) is 9.59 Å². The van der Waals surface area contributed by atoms with Crippen molar-refractivity contribution in [3.8, 4) is 0 Å². The summed E-state index contributed by atoms with van der Waals surface area (Å²) >= 11 is 1.59. The highest BCUT2D eigenvalue weighted by Gasteiger charge is 2.27. The number of benzene rings is 1. The van der Waals surface area contributed by atoms with E-state index in [1.165, 1.54) is 0 Å². The summed E-state index contributed by atoms with van der Waals surface area (Å²) in [5.41, 5.74) is 0.833. The van der Waals surface area contributed by atoms with Gasteiger partial charge in [-0.3, -0.25) is 9.59 Å². The van der Waals surface area contributed by atoms with Gasteiger partial charge >= 0.3 is 5.97 Å². The molecule has 0 saturated carbocycles. The molecular formula is C15H21ClN2O3S. The molecule has 1 amide bonds. The van der Waals surface area contributed by atoms with Crippen LogP contribution in [0.25, 0.3) is 0 Å². The second kappa shape index (κ2) is 9.02. The minimum absolute atomic E-state index is 0. The van der Waals surface area contributed by atoms with Gasteiger partial charge in [0.25, 0.3) is 0 Å². The van der Waals surface area contributed by atoms with E-state index in [1.54, 1.807) is 11.8 Å². The third-order valence-electron chi connectivity index (χ3n) is 3.66. The van der Waals surface area contributed by atoms with Crippen LogP contribution in [0.4, 0.5) is 5.69 Å². The van der Waals surface area contributed by atoms with Crippen LogP contribution in [0, 0.1) is 5.92 Å². The molecule has 1 unspecified atom stereocenters. The van der Waals surface area contributed by atoms with Crippen molar-refractivity contribution in [1.29, 1.82) is 0 Å². The number of halogens is 1. The van der Waals surface area contributed by atoms with Crippen molar-refractivity contribution in [2.45, 2.75) is 17.7 Å². The van der Waals surface area contributed by atoms with Gasteiger partial charge in [0.1, 0.15) is 0 Å². The number of anilines is 1. The average molecular weight is 345 g/mol. The summed E-state index contributed by atoms with van der Waals surface area (Å²) in [4.78, 5) is 26.0. The number of carboxylic acids is 1. The first-order chi connectivity index (χ1) is 10.1. The number of aliphatic carboxylic acids is 1. The summed E-state index contributed by atoms with van der Waals surface area (Å²) in [6.07, 6.45) is 3.03. The molecule has 0 spiro atoms. The molecule has 1 saturated heterocycles. The maximum Gasteiger partial charge on any atom is 0.307 e. The lowest BCUT2D eigenvalue weighted by atomic mass is 10.1. The monoisotopic (exact) mass is 344 g/mol. The highest BCUT2D eigenvalue weighted by molar-refractivity contribution is 7.98. The molecule has 0 aromatic heterocycles. The summed E-state index contributed by atoms with van der Waals surface area (Å²) < 4.78 is 0. The summed E-state index contributed by atoms with van der Waals surface area (Å²) in [6.45, 7) is 1.91. The zero-order valence-corrected chi connectivity index (χ0v) is 14.1. The SMILES string of the molecule is CSc1ccccc1NC(=O)CCN1CCC(C(=O)O)C1.Cl. The Labute approximate surface area is 140 Å². The summed E-state index contributed by atoms with van der Waals surface area (Å²) in [6, 6.07) is 7.70. The van der Waals surface area contributed by atoms with Crippen molar-refractivity contribution in [2.75, 3.05) is 31.2 Å². The van der Waals surface area contributed by atoms with Gasteiger partial charge in [-0.15, -0.1) is 24.2 Å². The van der Waals surface area contributed by atoms with E-state index in [0.29, 0.717) is 25.9 Å². The number of thioether (sulfide) groups is 1. The second-order valence-corrected chi connectivity index (χ2v) is 5.97. The van der Waals surface area contributed by atoms with Gasteiger partial charge in [0.05, 0.1) is 11.6 Å². The molecule has 1 heterocycles. The van der Waals surface area contributed by atoms with Gasteiger partial charge < -0.3 is 15.3 Å². The Hall–Kier alpha value is -1.24. The number of para-hydroxylation sites is 1. The van der Waals surface area contributed by atoms with E-state index in [2.05, 4.69) is 5.32 Å². The fourth-order valence-electron chi connectivity index (χ4n) is 2.46. The molecule has 0 aliphatic carbocycles. The summed E-state index contributed by atoms with van der Waals surface area (Å²) in [7, 11) is 0. The van der Waals surface area contributed by atoms with Crippen LogP contribution in [-0.4, -0.2) is 47.8 Å². The molecular weight excluding hydrogens is 324 g/mol. The zero-order chi connectivity index (χ0) is 15.2. The molecule has 7 heteroatoms. The smallest absolute Gasteiger partial charge is 0.307 e. The molecule has 1 atom stereocenters. The number of rotatable bonds is 6. The number of hydrogen-bond donors (Lipinski definition) is 2. The van der Waals surface area contributed by atoms with Crippen molar-refractivity contribution in [3.05, 3.63) is 24.3 Å². The molecule has 1 fully saturated rings. The van der Waals surface area contributed by atoms with Crippen LogP contribution in [0.2, 0.25) is 0 Å². The quantitative estimate of drug-likeness (QED) is 0.776. The molecule has 1 aromatic carbocycles. The molecule has 1 aliphatic heterocycles. The van der Waals surface area contributed by atoms with Gasteiger partial charge in [-0.05, 0) is 31.4 Å². The van der Waals surface area contributed by atoms with Crippen LogP contribution in [0.1, 0.15) is 12.8 Å². The number of carbonyl (C=O) groups excluding carboxylic acids is 1. The molecule has 22 heavy (non-hydrogen) atoms. The molecule has 2 rings (SSSR count). The lowest BCUT2D eigenvalue weighted by molar-refractivity contribution is -0.141. The zero-order valence-electron chi connectivity index (χ0n) is 12.4. The maximum absolute atomic E-state index is 12.0. The van der Waals surface area contributed by atoms with Crippen LogP contribution in [0.15, 0.2) is 29.2 Å². The van der Waals surface area contributed by atoms with Crippen molar-refractivity contribution in [2.24, 2.45) is 5.92 Å². The first-order valence-electron chi connectivity index (χ1n) is 6.98. The minimum Gasteiger partial charge on any atom is -0.481 e. The summed E-state index contributed by atoms with van der Waals surface area (Å²) in [5, 5.41) is 11.9.